The number of benzene rings is 2. The standard InChI is InChI=1S/C19H20N2O2/c1-2-3-13-21(15-9-5-4-6-10-15)19(22)14-17-16-11-7-8-12-18(16)23-20-17/h4-12H,2-3,13-14H2,1H3. The maximum atomic E-state index is 12.8. The van der Waals surface area contributed by atoms with Crippen LogP contribution in [0.5, 0.6) is 0 Å². The molecule has 0 N–H and O–H groups in total. The number of fused-ring (bicyclic) bond motifs is 1. The highest BCUT2D eigenvalue weighted by molar-refractivity contribution is 5.96. The number of unbranched alkanes of at least 4 members (excludes halogenated alkanes) is 1. The summed E-state index contributed by atoms with van der Waals surface area (Å²) < 4.78 is 5.30. The van der Waals surface area contributed by atoms with E-state index in [1.165, 1.54) is 0 Å². The third kappa shape index (κ3) is 3.42. The molecule has 0 bridgehead atoms. The van der Waals surface area contributed by atoms with Crippen molar-refractivity contribution < 1.29 is 9.32 Å². The largest absolute Gasteiger partial charge is 0.356 e. The molecule has 4 nitrogen and oxygen atoms in total. The number of aromatic nitrogens is 1. The van der Waals surface area contributed by atoms with Gasteiger partial charge in [0.25, 0.3) is 0 Å². The smallest absolute Gasteiger partial charge is 0.233 e. The van der Waals surface area contributed by atoms with Gasteiger partial charge in [-0.15, -0.1) is 0 Å². The lowest BCUT2D eigenvalue weighted by atomic mass is 10.1. The van der Waals surface area contributed by atoms with Gasteiger partial charge in [0.1, 0.15) is 5.69 Å². The van der Waals surface area contributed by atoms with Crippen LogP contribution in [0.3, 0.4) is 0 Å². The van der Waals surface area contributed by atoms with E-state index in [-0.39, 0.29) is 12.3 Å². The van der Waals surface area contributed by atoms with E-state index in [0.29, 0.717) is 5.69 Å². The molecule has 1 heterocycles. The van der Waals surface area contributed by atoms with Crippen molar-refractivity contribution in [1.29, 1.82) is 0 Å². The van der Waals surface area contributed by atoms with Gasteiger partial charge in [-0.3, -0.25) is 4.79 Å². The Kier molecular flexibility index (Phi) is 4.71. The number of carbonyl (C=O) groups excluding carboxylic acids is 1. The second-order valence-corrected chi connectivity index (χ2v) is 5.54. The van der Waals surface area contributed by atoms with Crippen molar-refractivity contribution in [2.45, 2.75) is 26.2 Å². The number of hydrogen-bond acceptors (Lipinski definition) is 3. The normalized spacial score (nSPS) is 10.8. The number of rotatable bonds is 6. The fraction of sp³-hybridized carbons (Fsp3) is 0.263. The number of hydrogen-bond donors (Lipinski definition) is 0. The molecule has 0 radical (unpaired) electrons. The average molecular weight is 308 g/mol. The zero-order valence-electron chi connectivity index (χ0n) is 13.2. The summed E-state index contributed by atoms with van der Waals surface area (Å²) in [4.78, 5) is 14.6. The summed E-state index contributed by atoms with van der Waals surface area (Å²) in [7, 11) is 0. The van der Waals surface area contributed by atoms with Crippen LogP contribution in [0.2, 0.25) is 0 Å². The summed E-state index contributed by atoms with van der Waals surface area (Å²) in [5.41, 5.74) is 2.34. The van der Waals surface area contributed by atoms with Crippen LogP contribution in [0, 0.1) is 0 Å². The van der Waals surface area contributed by atoms with E-state index in [4.69, 9.17) is 4.52 Å². The predicted octanol–water partition coefficient (Wildman–Crippen LogP) is 4.20. The number of anilines is 1. The van der Waals surface area contributed by atoms with Gasteiger partial charge in [0.15, 0.2) is 5.58 Å². The van der Waals surface area contributed by atoms with E-state index in [9.17, 15) is 4.79 Å². The number of carbonyl (C=O) groups is 1. The van der Waals surface area contributed by atoms with E-state index >= 15 is 0 Å². The SMILES string of the molecule is CCCCN(C(=O)Cc1noc2ccccc12)c1ccccc1. The van der Waals surface area contributed by atoms with Gasteiger partial charge in [0, 0.05) is 17.6 Å². The minimum absolute atomic E-state index is 0.0451. The lowest BCUT2D eigenvalue weighted by Gasteiger charge is -2.22. The number of nitrogens with zero attached hydrogens (tertiary/aromatic N) is 2. The Morgan fingerprint density at radius 1 is 1.09 bits per heavy atom. The molecule has 3 aromatic rings. The van der Waals surface area contributed by atoms with Crippen molar-refractivity contribution in [2.75, 3.05) is 11.4 Å². The second kappa shape index (κ2) is 7.09. The van der Waals surface area contributed by atoms with Gasteiger partial charge >= 0.3 is 0 Å². The molecule has 1 amide bonds. The van der Waals surface area contributed by atoms with Crippen molar-refractivity contribution in [3.05, 3.63) is 60.3 Å². The molecule has 0 saturated carbocycles. The van der Waals surface area contributed by atoms with Crippen LogP contribution in [-0.4, -0.2) is 17.6 Å². The Balaban J connectivity index is 1.83. The van der Waals surface area contributed by atoms with E-state index in [2.05, 4.69) is 12.1 Å². The molecule has 118 valence electrons. The summed E-state index contributed by atoms with van der Waals surface area (Å²) in [5, 5.41) is 4.98. The third-order valence-electron chi connectivity index (χ3n) is 3.88. The molecule has 2 aromatic carbocycles. The van der Waals surface area contributed by atoms with Crippen LogP contribution in [0.4, 0.5) is 5.69 Å². The highest BCUT2D eigenvalue weighted by Crippen LogP contribution is 2.21. The fourth-order valence-electron chi connectivity index (χ4n) is 2.63. The molecule has 0 atom stereocenters. The Bertz CT molecular complexity index is 780. The van der Waals surface area contributed by atoms with E-state index in [0.717, 1.165) is 36.0 Å². The van der Waals surface area contributed by atoms with Crippen molar-refractivity contribution in [3.8, 4) is 0 Å². The first-order chi connectivity index (χ1) is 11.3. The maximum Gasteiger partial charge on any atom is 0.233 e. The highest BCUT2D eigenvalue weighted by Gasteiger charge is 2.19. The Morgan fingerprint density at radius 2 is 1.83 bits per heavy atom. The van der Waals surface area contributed by atoms with Gasteiger partial charge in [-0.25, -0.2) is 0 Å². The van der Waals surface area contributed by atoms with Crippen LogP contribution < -0.4 is 4.90 Å². The van der Waals surface area contributed by atoms with Crippen LogP contribution >= 0.6 is 0 Å². The van der Waals surface area contributed by atoms with E-state index in [1.54, 1.807) is 0 Å². The number of para-hydroxylation sites is 2. The van der Waals surface area contributed by atoms with Crippen molar-refractivity contribution in [1.82, 2.24) is 5.16 Å². The van der Waals surface area contributed by atoms with Crippen molar-refractivity contribution >= 4 is 22.6 Å². The third-order valence-corrected chi connectivity index (χ3v) is 3.88. The molecule has 4 heteroatoms. The highest BCUT2D eigenvalue weighted by atomic mass is 16.5. The fourth-order valence-corrected chi connectivity index (χ4v) is 2.63. The Morgan fingerprint density at radius 3 is 2.61 bits per heavy atom. The summed E-state index contributed by atoms with van der Waals surface area (Å²) >= 11 is 0. The molecular weight excluding hydrogens is 288 g/mol. The zero-order valence-corrected chi connectivity index (χ0v) is 13.2. The summed E-state index contributed by atoms with van der Waals surface area (Å²) in [5.74, 6) is 0.0451. The van der Waals surface area contributed by atoms with Crippen LogP contribution in [0.25, 0.3) is 11.0 Å². The molecule has 3 rings (SSSR count). The molecule has 23 heavy (non-hydrogen) atoms. The molecule has 0 fully saturated rings. The Labute approximate surface area is 135 Å². The molecule has 0 saturated heterocycles. The number of amides is 1. The molecule has 1 aromatic heterocycles. The molecular formula is C19H20N2O2. The quantitative estimate of drug-likeness (QED) is 0.685. The molecule has 0 aliphatic heterocycles. The van der Waals surface area contributed by atoms with Gasteiger partial charge in [-0.2, -0.15) is 0 Å². The van der Waals surface area contributed by atoms with Crippen molar-refractivity contribution in [3.63, 3.8) is 0 Å². The summed E-state index contributed by atoms with van der Waals surface area (Å²) in [6, 6.07) is 17.4. The van der Waals surface area contributed by atoms with Gasteiger partial charge in [0.2, 0.25) is 5.91 Å². The van der Waals surface area contributed by atoms with Gasteiger partial charge in [-0.1, -0.05) is 48.8 Å². The first-order valence-electron chi connectivity index (χ1n) is 7.98. The lowest BCUT2D eigenvalue weighted by molar-refractivity contribution is -0.118. The molecule has 0 spiro atoms. The molecule has 0 unspecified atom stereocenters. The van der Waals surface area contributed by atoms with Gasteiger partial charge in [0.05, 0.1) is 6.42 Å². The monoisotopic (exact) mass is 308 g/mol. The first-order valence-corrected chi connectivity index (χ1v) is 7.98. The van der Waals surface area contributed by atoms with E-state index < -0.39 is 0 Å². The zero-order chi connectivity index (χ0) is 16.1. The summed E-state index contributed by atoms with van der Waals surface area (Å²) in [6.45, 7) is 2.84. The predicted molar refractivity (Wildman–Crippen MR) is 91.4 cm³/mol. The minimum Gasteiger partial charge on any atom is -0.356 e. The molecule has 0 aliphatic rings. The van der Waals surface area contributed by atoms with Crippen LogP contribution in [-0.2, 0) is 11.2 Å². The van der Waals surface area contributed by atoms with E-state index in [1.807, 2.05) is 59.5 Å². The topological polar surface area (TPSA) is 46.3 Å². The lowest BCUT2D eigenvalue weighted by Crippen LogP contribution is -2.33. The summed E-state index contributed by atoms with van der Waals surface area (Å²) in [6.07, 6.45) is 2.26. The Hall–Kier alpha value is -2.62. The van der Waals surface area contributed by atoms with Crippen molar-refractivity contribution in [2.24, 2.45) is 0 Å². The maximum absolute atomic E-state index is 12.8. The van der Waals surface area contributed by atoms with Crippen LogP contribution in [0.1, 0.15) is 25.5 Å². The average Bonchev–Trinajstić information content (AvgIpc) is 2.99. The first kappa shape index (κ1) is 15.3. The van der Waals surface area contributed by atoms with Gasteiger partial charge in [-0.05, 0) is 30.7 Å². The second-order valence-electron chi connectivity index (χ2n) is 5.54. The molecule has 0 aliphatic carbocycles. The van der Waals surface area contributed by atoms with Gasteiger partial charge < -0.3 is 9.42 Å². The minimum atomic E-state index is 0.0451. The van der Waals surface area contributed by atoms with Crippen LogP contribution in [0.15, 0.2) is 59.1 Å².